The largest absolute Gasteiger partial charge is 0.497 e. The first-order valence-electron chi connectivity index (χ1n) is 8.34. The molecule has 0 aliphatic carbocycles. The van der Waals surface area contributed by atoms with Crippen LogP contribution >= 0.6 is 0 Å². The van der Waals surface area contributed by atoms with Gasteiger partial charge in [-0.3, -0.25) is 14.4 Å². The van der Waals surface area contributed by atoms with Crippen LogP contribution in [0.4, 0.5) is 5.69 Å². The molecule has 2 aromatic carbocycles. The Morgan fingerprint density at radius 1 is 1.04 bits per heavy atom. The molecule has 0 bridgehead atoms. The number of carbonyl (C=O) groups excluding carboxylic acids is 3. The van der Waals surface area contributed by atoms with Gasteiger partial charge in [0.25, 0.3) is 11.8 Å². The smallest absolute Gasteiger partial charge is 0.325 e. The molecular weight excluding hydrogens is 348 g/mol. The number of anilines is 1. The highest BCUT2D eigenvalue weighted by atomic mass is 16.5. The maximum absolute atomic E-state index is 12.0. The number of aryl methyl sites for hydroxylation is 2. The number of esters is 1. The number of ether oxygens (including phenoxy) is 2. The molecule has 0 atom stereocenters. The van der Waals surface area contributed by atoms with Crippen molar-refractivity contribution in [2.45, 2.75) is 13.8 Å². The average molecular weight is 370 g/mol. The summed E-state index contributed by atoms with van der Waals surface area (Å²) in [5.74, 6) is -1.06. The van der Waals surface area contributed by atoms with Crippen LogP contribution in [0.1, 0.15) is 21.5 Å². The Morgan fingerprint density at radius 3 is 2.52 bits per heavy atom. The van der Waals surface area contributed by atoms with Crippen molar-refractivity contribution < 1.29 is 23.9 Å². The molecule has 0 fully saturated rings. The number of nitrogens with one attached hydrogen (secondary N) is 2. The van der Waals surface area contributed by atoms with Gasteiger partial charge in [0, 0.05) is 11.3 Å². The highest BCUT2D eigenvalue weighted by molar-refractivity contribution is 5.97. The van der Waals surface area contributed by atoms with E-state index in [1.165, 1.54) is 7.11 Å². The third-order valence-corrected chi connectivity index (χ3v) is 3.75. The lowest BCUT2D eigenvalue weighted by molar-refractivity contribution is -0.146. The van der Waals surface area contributed by atoms with Crippen LogP contribution in [0.2, 0.25) is 0 Å². The third-order valence-electron chi connectivity index (χ3n) is 3.75. The average Bonchev–Trinajstić information content (AvgIpc) is 2.66. The molecule has 2 rings (SSSR count). The van der Waals surface area contributed by atoms with Crippen molar-refractivity contribution in [2.75, 3.05) is 25.6 Å². The second kappa shape index (κ2) is 9.38. The van der Waals surface area contributed by atoms with Crippen LogP contribution in [-0.2, 0) is 14.3 Å². The Bertz CT molecular complexity index is 848. The maximum atomic E-state index is 12.0. The monoisotopic (exact) mass is 370 g/mol. The summed E-state index contributed by atoms with van der Waals surface area (Å²) in [6.45, 7) is 3.07. The number of methoxy groups -OCH3 is 1. The second-order valence-corrected chi connectivity index (χ2v) is 5.94. The van der Waals surface area contributed by atoms with Crippen molar-refractivity contribution in [3.63, 3.8) is 0 Å². The number of hydrogen-bond acceptors (Lipinski definition) is 5. The summed E-state index contributed by atoms with van der Waals surface area (Å²) in [5, 5.41) is 5.12. The Kier molecular flexibility index (Phi) is 6.93. The summed E-state index contributed by atoms with van der Waals surface area (Å²) in [5.41, 5.74) is 3.02. The van der Waals surface area contributed by atoms with Gasteiger partial charge in [0.05, 0.1) is 7.11 Å². The molecule has 0 aliphatic rings. The van der Waals surface area contributed by atoms with Gasteiger partial charge in [-0.25, -0.2) is 0 Å². The Labute approximate surface area is 157 Å². The number of benzene rings is 2. The van der Waals surface area contributed by atoms with E-state index in [1.807, 2.05) is 26.0 Å². The summed E-state index contributed by atoms with van der Waals surface area (Å²) in [6.07, 6.45) is 0. The van der Waals surface area contributed by atoms with Crippen molar-refractivity contribution in [2.24, 2.45) is 0 Å². The van der Waals surface area contributed by atoms with Gasteiger partial charge < -0.3 is 20.1 Å². The zero-order valence-electron chi connectivity index (χ0n) is 15.5. The van der Waals surface area contributed by atoms with Crippen molar-refractivity contribution >= 4 is 23.5 Å². The van der Waals surface area contributed by atoms with Crippen LogP contribution in [0, 0.1) is 13.8 Å². The molecule has 7 nitrogen and oxygen atoms in total. The van der Waals surface area contributed by atoms with Crippen LogP contribution in [0.25, 0.3) is 0 Å². The molecule has 0 radical (unpaired) electrons. The number of amides is 2. The van der Waals surface area contributed by atoms with Gasteiger partial charge in [0.2, 0.25) is 0 Å². The molecule has 0 saturated carbocycles. The zero-order valence-corrected chi connectivity index (χ0v) is 15.5. The quantitative estimate of drug-likeness (QED) is 0.729. The van der Waals surface area contributed by atoms with Crippen LogP contribution < -0.4 is 15.4 Å². The lowest BCUT2D eigenvalue weighted by Crippen LogP contribution is -2.32. The number of hydrogen-bond donors (Lipinski definition) is 2. The fourth-order valence-electron chi connectivity index (χ4n) is 2.36. The van der Waals surface area contributed by atoms with E-state index in [4.69, 9.17) is 9.47 Å². The van der Waals surface area contributed by atoms with E-state index in [9.17, 15) is 14.4 Å². The molecule has 2 N–H and O–H groups in total. The second-order valence-electron chi connectivity index (χ2n) is 5.94. The van der Waals surface area contributed by atoms with Crippen LogP contribution in [0.3, 0.4) is 0 Å². The highest BCUT2D eigenvalue weighted by Gasteiger charge is 2.12. The number of carbonyl (C=O) groups is 3. The minimum absolute atomic E-state index is 0.340. The van der Waals surface area contributed by atoms with Gasteiger partial charge >= 0.3 is 5.97 Å². The molecule has 0 saturated heterocycles. The summed E-state index contributed by atoms with van der Waals surface area (Å²) in [7, 11) is 1.50. The molecule has 2 amide bonds. The first-order chi connectivity index (χ1) is 12.9. The molecule has 0 unspecified atom stereocenters. The molecule has 2 aromatic rings. The lowest BCUT2D eigenvalue weighted by atomic mass is 10.1. The highest BCUT2D eigenvalue weighted by Crippen LogP contribution is 2.15. The first-order valence-corrected chi connectivity index (χ1v) is 8.34. The van der Waals surface area contributed by atoms with E-state index in [0.717, 1.165) is 11.1 Å². The fourth-order valence-corrected chi connectivity index (χ4v) is 2.36. The van der Waals surface area contributed by atoms with Gasteiger partial charge in [-0.2, -0.15) is 0 Å². The molecule has 7 heteroatoms. The van der Waals surface area contributed by atoms with Crippen molar-refractivity contribution in [3.8, 4) is 5.75 Å². The van der Waals surface area contributed by atoms with Gasteiger partial charge in [-0.15, -0.1) is 0 Å². The standard InChI is InChI=1S/C20H22N2O5/c1-13-7-8-17(14(2)9-13)22-18(23)12-27-19(24)11-21-20(25)15-5-4-6-16(10-15)26-3/h4-10H,11-12H2,1-3H3,(H,21,25)(H,22,23). The predicted molar refractivity (Wildman–Crippen MR) is 101 cm³/mol. The van der Waals surface area contributed by atoms with E-state index in [1.54, 1.807) is 30.3 Å². The van der Waals surface area contributed by atoms with Crippen molar-refractivity contribution in [1.29, 1.82) is 0 Å². The summed E-state index contributed by atoms with van der Waals surface area (Å²) < 4.78 is 9.92. The molecule has 0 heterocycles. The molecular formula is C20H22N2O5. The SMILES string of the molecule is COc1cccc(C(=O)NCC(=O)OCC(=O)Nc2ccc(C)cc2C)c1. The predicted octanol–water partition coefficient (Wildman–Crippen LogP) is 2.22. The molecule has 0 spiro atoms. The molecule has 0 aromatic heterocycles. The van der Waals surface area contributed by atoms with Gasteiger partial charge in [0.15, 0.2) is 6.61 Å². The zero-order chi connectivity index (χ0) is 19.8. The van der Waals surface area contributed by atoms with Crippen LogP contribution in [0.5, 0.6) is 5.75 Å². The molecule has 142 valence electrons. The normalized spacial score (nSPS) is 10.0. The Hall–Kier alpha value is -3.35. The van der Waals surface area contributed by atoms with E-state index >= 15 is 0 Å². The van der Waals surface area contributed by atoms with Gasteiger partial charge in [-0.05, 0) is 43.7 Å². The maximum Gasteiger partial charge on any atom is 0.325 e. The Morgan fingerprint density at radius 2 is 1.81 bits per heavy atom. The van der Waals surface area contributed by atoms with Crippen LogP contribution in [0.15, 0.2) is 42.5 Å². The van der Waals surface area contributed by atoms with Crippen molar-refractivity contribution in [1.82, 2.24) is 5.32 Å². The van der Waals surface area contributed by atoms with Gasteiger partial charge in [-0.1, -0.05) is 23.8 Å². The van der Waals surface area contributed by atoms with Crippen molar-refractivity contribution in [3.05, 3.63) is 59.2 Å². The van der Waals surface area contributed by atoms with E-state index < -0.39 is 24.4 Å². The minimum Gasteiger partial charge on any atom is -0.497 e. The summed E-state index contributed by atoms with van der Waals surface area (Å²) >= 11 is 0. The topological polar surface area (TPSA) is 93.7 Å². The fraction of sp³-hybridized carbons (Fsp3) is 0.250. The Balaban J connectivity index is 1.76. The molecule has 27 heavy (non-hydrogen) atoms. The van der Waals surface area contributed by atoms with Gasteiger partial charge in [0.1, 0.15) is 12.3 Å². The lowest BCUT2D eigenvalue weighted by Gasteiger charge is -2.10. The van der Waals surface area contributed by atoms with E-state index in [0.29, 0.717) is 17.0 Å². The van der Waals surface area contributed by atoms with Crippen LogP contribution in [-0.4, -0.2) is 38.0 Å². The molecule has 0 aliphatic heterocycles. The summed E-state index contributed by atoms with van der Waals surface area (Å²) in [4.78, 5) is 35.6. The third kappa shape index (κ3) is 6.14. The first kappa shape index (κ1) is 20.0. The summed E-state index contributed by atoms with van der Waals surface area (Å²) in [6, 6.07) is 12.1. The minimum atomic E-state index is -0.706. The van der Waals surface area contributed by atoms with E-state index in [-0.39, 0.29) is 6.54 Å². The number of rotatable bonds is 7. The van der Waals surface area contributed by atoms with E-state index in [2.05, 4.69) is 10.6 Å².